The summed E-state index contributed by atoms with van der Waals surface area (Å²) in [7, 11) is 0. The van der Waals surface area contributed by atoms with Crippen molar-refractivity contribution in [1.29, 1.82) is 0 Å². The number of rotatable bonds is 8. The van der Waals surface area contributed by atoms with Gasteiger partial charge in [-0.15, -0.1) is 0 Å². The van der Waals surface area contributed by atoms with Crippen LogP contribution >= 0.6 is 0 Å². The number of amides is 2. The van der Waals surface area contributed by atoms with E-state index in [0.29, 0.717) is 50.0 Å². The Labute approximate surface area is 178 Å². The molecule has 1 aliphatic carbocycles. The standard InChI is InChI=1S/C22H33N3O5/c1-3-29-19-14-18(25-8-10-28-11-9-25)20(30-4-2)13-17(19)24-22(27)16-7-5-6-15(12-16)21(23)26/h13-16H,3-12H2,1-2H3,(H2,23,26)(H,24,27). The maximum absolute atomic E-state index is 13.0. The molecular formula is C22H33N3O5. The molecule has 1 aromatic rings. The van der Waals surface area contributed by atoms with Gasteiger partial charge in [-0.1, -0.05) is 6.42 Å². The van der Waals surface area contributed by atoms with Crippen molar-refractivity contribution < 1.29 is 23.8 Å². The van der Waals surface area contributed by atoms with Crippen LogP contribution in [0.3, 0.4) is 0 Å². The smallest absolute Gasteiger partial charge is 0.227 e. The monoisotopic (exact) mass is 419 g/mol. The van der Waals surface area contributed by atoms with Gasteiger partial charge in [0.25, 0.3) is 0 Å². The third-order valence-corrected chi connectivity index (χ3v) is 5.72. The van der Waals surface area contributed by atoms with E-state index < -0.39 is 0 Å². The highest BCUT2D eigenvalue weighted by molar-refractivity contribution is 5.95. The minimum atomic E-state index is -0.323. The van der Waals surface area contributed by atoms with Gasteiger partial charge in [0.15, 0.2) is 0 Å². The van der Waals surface area contributed by atoms with E-state index >= 15 is 0 Å². The van der Waals surface area contributed by atoms with Gasteiger partial charge in [-0.2, -0.15) is 0 Å². The lowest BCUT2D eigenvalue weighted by Gasteiger charge is -2.31. The Hall–Kier alpha value is -2.48. The molecule has 1 heterocycles. The quantitative estimate of drug-likeness (QED) is 0.671. The summed E-state index contributed by atoms with van der Waals surface area (Å²) >= 11 is 0. The van der Waals surface area contributed by atoms with Gasteiger partial charge in [0.05, 0.1) is 37.8 Å². The molecule has 3 N–H and O–H groups in total. The summed E-state index contributed by atoms with van der Waals surface area (Å²) in [4.78, 5) is 26.7. The largest absolute Gasteiger partial charge is 0.492 e. The van der Waals surface area contributed by atoms with Crippen LogP contribution in [0.2, 0.25) is 0 Å². The van der Waals surface area contributed by atoms with E-state index in [9.17, 15) is 9.59 Å². The Morgan fingerprint density at radius 2 is 1.77 bits per heavy atom. The van der Waals surface area contributed by atoms with Crippen LogP contribution in [-0.2, 0) is 14.3 Å². The lowest BCUT2D eigenvalue weighted by molar-refractivity contribution is -0.125. The number of nitrogens with one attached hydrogen (secondary N) is 1. The van der Waals surface area contributed by atoms with Gasteiger partial charge >= 0.3 is 0 Å². The van der Waals surface area contributed by atoms with Crippen molar-refractivity contribution in [3.63, 3.8) is 0 Å². The predicted octanol–water partition coefficient (Wildman–Crippen LogP) is 2.55. The molecule has 1 saturated carbocycles. The van der Waals surface area contributed by atoms with Crippen LogP contribution in [0, 0.1) is 11.8 Å². The summed E-state index contributed by atoms with van der Waals surface area (Å²) < 4.78 is 17.2. The Morgan fingerprint density at radius 3 is 2.43 bits per heavy atom. The molecule has 8 nitrogen and oxygen atoms in total. The molecule has 0 bridgehead atoms. The molecule has 2 fully saturated rings. The molecule has 2 unspecified atom stereocenters. The summed E-state index contributed by atoms with van der Waals surface area (Å²) in [6, 6.07) is 3.77. The minimum absolute atomic E-state index is 0.108. The molecule has 0 aromatic heterocycles. The van der Waals surface area contributed by atoms with Crippen molar-refractivity contribution in [3.05, 3.63) is 12.1 Å². The maximum Gasteiger partial charge on any atom is 0.227 e. The van der Waals surface area contributed by atoms with Gasteiger partial charge in [0.2, 0.25) is 11.8 Å². The number of carbonyl (C=O) groups is 2. The number of anilines is 2. The zero-order valence-electron chi connectivity index (χ0n) is 17.9. The summed E-state index contributed by atoms with van der Waals surface area (Å²) in [5.41, 5.74) is 6.99. The number of nitrogens with two attached hydrogens (primary N) is 1. The highest BCUT2D eigenvalue weighted by Crippen LogP contribution is 2.40. The van der Waals surface area contributed by atoms with Gasteiger partial charge in [0, 0.05) is 37.1 Å². The summed E-state index contributed by atoms with van der Waals surface area (Å²) in [6.45, 7) is 7.71. The van der Waals surface area contributed by atoms with Crippen LogP contribution in [0.5, 0.6) is 11.5 Å². The molecule has 0 radical (unpaired) electrons. The molecule has 1 aliphatic heterocycles. The first kappa shape index (κ1) is 22.2. The van der Waals surface area contributed by atoms with E-state index in [1.54, 1.807) is 0 Å². The average molecular weight is 420 g/mol. The molecule has 0 spiro atoms. The second kappa shape index (κ2) is 10.5. The summed E-state index contributed by atoms with van der Waals surface area (Å²) in [5, 5.41) is 3.01. The number of carbonyl (C=O) groups excluding carboxylic acids is 2. The van der Waals surface area contributed by atoms with Crippen molar-refractivity contribution in [3.8, 4) is 11.5 Å². The summed E-state index contributed by atoms with van der Waals surface area (Å²) in [6.07, 6.45) is 2.83. The topological polar surface area (TPSA) is 103 Å². The number of benzene rings is 1. The fourth-order valence-corrected chi connectivity index (χ4v) is 4.17. The number of hydrogen-bond donors (Lipinski definition) is 2. The molecule has 1 aromatic carbocycles. The van der Waals surface area contributed by atoms with Gasteiger partial charge in [-0.3, -0.25) is 9.59 Å². The van der Waals surface area contributed by atoms with Crippen molar-refractivity contribution >= 4 is 23.2 Å². The number of nitrogens with zero attached hydrogens (tertiary/aromatic N) is 1. The van der Waals surface area contributed by atoms with Crippen LogP contribution in [0.15, 0.2) is 12.1 Å². The molecule has 8 heteroatoms. The SMILES string of the molecule is CCOc1cc(N2CCOCC2)c(OCC)cc1NC(=O)C1CCCC(C(N)=O)C1. The molecule has 3 rings (SSSR count). The van der Waals surface area contributed by atoms with Crippen LogP contribution in [0.25, 0.3) is 0 Å². The fourth-order valence-electron chi connectivity index (χ4n) is 4.17. The van der Waals surface area contributed by atoms with Crippen molar-refractivity contribution in [2.24, 2.45) is 17.6 Å². The number of primary amides is 1. The van der Waals surface area contributed by atoms with E-state index in [-0.39, 0.29) is 23.7 Å². The van der Waals surface area contributed by atoms with Crippen molar-refractivity contribution in [2.45, 2.75) is 39.5 Å². The Balaban J connectivity index is 1.84. The number of hydrogen-bond acceptors (Lipinski definition) is 6. The van der Waals surface area contributed by atoms with Crippen LogP contribution < -0.4 is 25.4 Å². The van der Waals surface area contributed by atoms with Crippen LogP contribution in [-0.4, -0.2) is 51.3 Å². The third-order valence-electron chi connectivity index (χ3n) is 5.72. The first-order chi connectivity index (χ1) is 14.5. The second-order valence-electron chi connectivity index (χ2n) is 7.73. The Kier molecular flexibility index (Phi) is 7.79. The van der Waals surface area contributed by atoms with Crippen molar-refractivity contribution in [1.82, 2.24) is 0 Å². The van der Waals surface area contributed by atoms with E-state index in [1.807, 2.05) is 26.0 Å². The molecule has 166 valence electrons. The van der Waals surface area contributed by atoms with E-state index in [0.717, 1.165) is 38.0 Å². The molecule has 1 saturated heterocycles. The predicted molar refractivity (Wildman–Crippen MR) is 115 cm³/mol. The second-order valence-corrected chi connectivity index (χ2v) is 7.73. The maximum atomic E-state index is 13.0. The third kappa shape index (κ3) is 5.36. The molecular weight excluding hydrogens is 386 g/mol. The molecule has 2 atom stereocenters. The van der Waals surface area contributed by atoms with E-state index in [2.05, 4.69) is 10.2 Å². The van der Waals surface area contributed by atoms with Crippen LogP contribution in [0.1, 0.15) is 39.5 Å². The number of morpholine rings is 1. The zero-order valence-corrected chi connectivity index (χ0v) is 17.9. The normalized spacial score (nSPS) is 21.7. The molecule has 2 aliphatic rings. The summed E-state index contributed by atoms with van der Waals surface area (Å²) in [5.74, 6) is 0.415. The Morgan fingerprint density at radius 1 is 1.10 bits per heavy atom. The number of ether oxygens (including phenoxy) is 3. The first-order valence-electron chi connectivity index (χ1n) is 10.9. The van der Waals surface area contributed by atoms with Gasteiger partial charge in [-0.25, -0.2) is 0 Å². The fraction of sp³-hybridized carbons (Fsp3) is 0.636. The highest BCUT2D eigenvalue weighted by atomic mass is 16.5. The first-order valence-corrected chi connectivity index (χ1v) is 10.9. The molecule has 30 heavy (non-hydrogen) atoms. The van der Waals surface area contributed by atoms with E-state index in [4.69, 9.17) is 19.9 Å². The minimum Gasteiger partial charge on any atom is -0.492 e. The zero-order chi connectivity index (χ0) is 21.5. The molecule has 2 amide bonds. The highest BCUT2D eigenvalue weighted by Gasteiger charge is 2.31. The van der Waals surface area contributed by atoms with E-state index in [1.165, 1.54) is 0 Å². The van der Waals surface area contributed by atoms with Crippen molar-refractivity contribution in [2.75, 3.05) is 49.7 Å². The van der Waals surface area contributed by atoms with Gasteiger partial charge in [-0.05, 0) is 33.1 Å². The lowest BCUT2D eigenvalue weighted by Crippen LogP contribution is -2.36. The van der Waals surface area contributed by atoms with Gasteiger partial charge in [0.1, 0.15) is 11.5 Å². The van der Waals surface area contributed by atoms with Crippen LogP contribution in [0.4, 0.5) is 11.4 Å². The van der Waals surface area contributed by atoms with Gasteiger partial charge < -0.3 is 30.2 Å². The lowest BCUT2D eigenvalue weighted by atomic mass is 9.80. The Bertz CT molecular complexity index is 749. The average Bonchev–Trinajstić information content (AvgIpc) is 2.76.